The maximum atomic E-state index is 5.87. The minimum absolute atomic E-state index is 0.123. The molecule has 20 heavy (non-hydrogen) atoms. The van der Waals surface area contributed by atoms with Crippen LogP contribution in [0.4, 0.5) is 17.6 Å². The zero-order valence-corrected chi connectivity index (χ0v) is 13.3. The van der Waals surface area contributed by atoms with Crippen molar-refractivity contribution in [3.8, 4) is 5.75 Å². The van der Waals surface area contributed by atoms with Gasteiger partial charge in [-0.15, -0.1) is 0 Å². The molecule has 8 heteroatoms. The van der Waals surface area contributed by atoms with Crippen molar-refractivity contribution in [1.82, 2.24) is 15.0 Å². The molecule has 2 N–H and O–H groups in total. The Morgan fingerprint density at radius 2 is 2.00 bits per heavy atom. The minimum Gasteiger partial charge on any atom is -0.497 e. The molecular weight excluding hydrogens is 346 g/mol. The number of ether oxygens (including phenoxy) is 1. The molecule has 0 atom stereocenters. The van der Waals surface area contributed by atoms with Crippen LogP contribution >= 0.6 is 27.5 Å². The Morgan fingerprint density at radius 3 is 2.70 bits per heavy atom. The summed E-state index contributed by atoms with van der Waals surface area (Å²) in [5, 5.41) is 6.18. The molecule has 2 aromatic rings. The molecule has 0 unspecified atom stereocenters. The molecule has 0 radical (unpaired) electrons. The molecule has 0 saturated heterocycles. The van der Waals surface area contributed by atoms with Crippen LogP contribution in [0, 0.1) is 0 Å². The van der Waals surface area contributed by atoms with Crippen LogP contribution in [0.5, 0.6) is 5.75 Å². The second-order valence-electron chi connectivity index (χ2n) is 3.75. The van der Waals surface area contributed by atoms with E-state index in [9.17, 15) is 0 Å². The highest BCUT2D eigenvalue weighted by molar-refractivity contribution is 9.10. The molecule has 0 bridgehead atoms. The molecule has 0 spiro atoms. The van der Waals surface area contributed by atoms with Gasteiger partial charge in [-0.25, -0.2) is 0 Å². The molecule has 106 valence electrons. The topological polar surface area (TPSA) is 72.0 Å². The van der Waals surface area contributed by atoms with Gasteiger partial charge < -0.3 is 15.4 Å². The maximum absolute atomic E-state index is 5.87. The fraction of sp³-hybridized carbons (Fsp3) is 0.250. The first kappa shape index (κ1) is 14.8. The van der Waals surface area contributed by atoms with E-state index in [1.807, 2.05) is 25.1 Å². The lowest BCUT2D eigenvalue weighted by Crippen LogP contribution is -2.06. The third-order valence-electron chi connectivity index (χ3n) is 2.36. The van der Waals surface area contributed by atoms with Crippen LogP contribution in [0.3, 0.4) is 0 Å². The summed E-state index contributed by atoms with van der Waals surface area (Å²) < 4.78 is 6.04. The number of rotatable bonds is 5. The number of hydrogen-bond acceptors (Lipinski definition) is 6. The first-order valence-electron chi connectivity index (χ1n) is 5.88. The van der Waals surface area contributed by atoms with Crippen molar-refractivity contribution in [2.24, 2.45) is 0 Å². The summed E-state index contributed by atoms with van der Waals surface area (Å²) in [6, 6.07) is 5.55. The van der Waals surface area contributed by atoms with Crippen molar-refractivity contribution >= 4 is 45.1 Å². The van der Waals surface area contributed by atoms with Gasteiger partial charge in [0.2, 0.25) is 17.2 Å². The van der Waals surface area contributed by atoms with Gasteiger partial charge in [-0.1, -0.05) is 0 Å². The maximum Gasteiger partial charge on any atom is 0.233 e. The second-order valence-corrected chi connectivity index (χ2v) is 4.95. The van der Waals surface area contributed by atoms with E-state index in [0.29, 0.717) is 18.4 Å². The molecule has 0 fully saturated rings. The van der Waals surface area contributed by atoms with Crippen LogP contribution in [0.25, 0.3) is 0 Å². The van der Waals surface area contributed by atoms with Crippen LogP contribution in [0.15, 0.2) is 22.7 Å². The van der Waals surface area contributed by atoms with Crippen molar-refractivity contribution in [3.05, 3.63) is 28.0 Å². The zero-order valence-electron chi connectivity index (χ0n) is 10.9. The fourth-order valence-corrected chi connectivity index (χ4v) is 2.00. The van der Waals surface area contributed by atoms with Gasteiger partial charge in [0.25, 0.3) is 0 Å². The van der Waals surface area contributed by atoms with Gasteiger partial charge in [0.1, 0.15) is 5.75 Å². The van der Waals surface area contributed by atoms with Crippen molar-refractivity contribution in [2.45, 2.75) is 6.92 Å². The minimum atomic E-state index is 0.123. The molecule has 6 nitrogen and oxygen atoms in total. The predicted octanol–water partition coefficient (Wildman–Crippen LogP) is 3.47. The summed E-state index contributed by atoms with van der Waals surface area (Å²) >= 11 is 9.32. The van der Waals surface area contributed by atoms with Gasteiger partial charge in [0.05, 0.1) is 12.8 Å². The normalized spacial score (nSPS) is 10.2. The Labute approximate surface area is 130 Å². The number of benzene rings is 1. The monoisotopic (exact) mass is 357 g/mol. The highest BCUT2D eigenvalue weighted by Crippen LogP contribution is 2.29. The third kappa shape index (κ3) is 3.71. The summed E-state index contributed by atoms with van der Waals surface area (Å²) in [5.41, 5.74) is 0.772. The molecule has 0 aliphatic heterocycles. The highest BCUT2D eigenvalue weighted by Gasteiger charge is 2.08. The van der Waals surface area contributed by atoms with Crippen molar-refractivity contribution in [1.29, 1.82) is 0 Å². The van der Waals surface area contributed by atoms with E-state index >= 15 is 0 Å². The third-order valence-corrected chi connectivity index (χ3v) is 3.22. The number of halogens is 2. The van der Waals surface area contributed by atoms with Crippen LogP contribution in [0.2, 0.25) is 5.28 Å². The largest absolute Gasteiger partial charge is 0.497 e. The second kappa shape index (κ2) is 6.71. The number of nitrogens with zero attached hydrogens (tertiary/aromatic N) is 3. The summed E-state index contributed by atoms with van der Waals surface area (Å²) in [7, 11) is 1.61. The molecule has 0 amide bonds. The lowest BCUT2D eigenvalue weighted by atomic mass is 10.3. The van der Waals surface area contributed by atoms with Gasteiger partial charge in [-0.3, -0.25) is 0 Å². The van der Waals surface area contributed by atoms with E-state index in [1.165, 1.54) is 0 Å². The smallest absolute Gasteiger partial charge is 0.233 e. The number of methoxy groups -OCH3 is 1. The summed E-state index contributed by atoms with van der Waals surface area (Å²) in [6.45, 7) is 2.64. The number of hydrogen-bond donors (Lipinski definition) is 2. The van der Waals surface area contributed by atoms with E-state index in [1.54, 1.807) is 7.11 Å². The zero-order chi connectivity index (χ0) is 14.5. The SMILES string of the molecule is CCNc1nc(Cl)nc(Nc2cc(OC)ccc2Br)n1. The average molecular weight is 359 g/mol. The van der Waals surface area contributed by atoms with Gasteiger partial charge >= 0.3 is 0 Å². The standard InChI is InChI=1S/C12H13BrClN5O/c1-3-15-11-17-10(14)18-12(19-11)16-9-6-7(20-2)4-5-8(9)13/h4-6H,3H2,1-2H3,(H2,15,16,17,18,19). The van der Waals surface area contributed by atoms with Crippen LogP contribution in [-0.4, -0.2) is 28.6 Å². The van der Waals surface area contributed by atoms with E-state index in [0.717, 1.165) is 15.9 Å². The molecule has 0 aliphatic rings. The fourth-order valence-electron chi connectivity index (χ4n) is 1.49. The Kier molecular flexibility index (Phi) is 4.97. The lowest BCUT2D eigenvalue weighted by Gasteiger charge is -2.10. The van der Waals surface area contributed by atoms with Gasteiger partial charge in [0.15, 0.2) is 0 Å². The Balaban J connectivity index is 2.29. The van der Waals surface area contributed by atoms with E-state index in [2.05, 4.69) is 41.5 Å². The Bertz CT molecular complexity index is 610. The summed E-state index contributed by atoms with van der Waals surface area (Å²) in [4.78, 5) is 12.2. The predicted molar refractivity (Wildman–Crippen MR) is 83.0 cm³/mol. The Hall–Kier alpha value is -1.60. The molecule has 1 aromatic heterocycles. The number of aromatic nitrogens is 3. The molecule has 2 rings (SSSR count). The average Bonchev–Trinajstić information content (AvgIpc) is 2.41. The van der Waals surface area contributed by atoms with Crippen LogP contribution < -0.4 is 15.4 Å². The summed E-state index contributed by atoms with van der Waals surface area (Å²) in [5.74, 6) is 1.51. The van der Waals surface area contributed by atoms with Gasteiger partial charge in [-0.2, -0.15) is 15.0 Å². The summed E-state index contributed by atoms with van der Waals surface area (Å²) in [6.07, 6.45) is 0. The molecule has 1 heterocycles. The van der Waals surface area contributed by atoms with Crippen molar-refractivity contribution in [3.63, 3.8) is 0 Å². The molecule has 0 aliphatic carbocycles. The quantitative estimate of drug-likeness (QED) is 0.852. The Morgan fingerprint density at radius 1 is 1.25 bits per heavy atom. The van der Waals surface area contributed by atoms with Crippen LogP contribution in [0.1, 0.15) is 6.92 Å². The van der Waals surface area contributed by atoms with Gasteiger partial charge in [-0.05, 0) is 46.6 Å². The van der Waals surface area contributed by atoms with E-state index < -0.39 is 0 Å². The number of anilines is 3. The van der Waals surface area contributed by atoms with Gasteiger partial charge in [0, 0.05) is 17.1 Å². The van der Waals surface area contributed by atoms with Crippen molar-refractivity contribution in [2.75, 3.05) is 24.3 Å². The van der Waals surface area contributed by atoms with E-state index in [-0.39, 0.29) is 5.28 Å². The number of nitrogens with one attached hydrogen (secondary N) is 2. The molecule has 0 saturated carbocycles. The van der Waals surface area contributed by atoms with E-state index in [4.69, 9.17) is 16.3 Å². The van der Waals surface area contributed by atoms with Crippen LogP contribution in [-0.2, 0) is 0 Å². The molecular formula is C12H13BrClN5O. The highest BCUT2D eigenvalue weighted by atomic mass is 79.9. The first-order valence-corrected chi connectivity index (χ1v) is 7.05. The molecule has 1 aromatic carbocycles. The first-order chi connectivity index (χ1) is 9.62. The van der Waals surface area contributed by atoms with Crippen molar-refractivity contribution < 1.29 is 4.74 Å². The lowest BCUT2D eigenvalue weighted by molar-refractivity contribution is 0.415.